The smallest absolute Gasteiger partial charge is 0.124 e. The van der Waals surface area contributed by atoms with Crippen molar-refractivity contribution in [2.24, 2.45) is 4.99 Å². The third-order valence-corrected chi connectivity index (χ3v) is 1.40. The summed E-state index contributed by atoms with van der Waals surface area (Å²) in [5, 5.41) is 0. The van der Waals surface area contributed by atoms with Gasteiger partial charge in [0.2, 0.25) is 0 Å². The molecule has 0 saturated heterocycles. The molecule has 1 nitrogen and oxygen atoms in total. The summed E-state index contributed by atoms with van der Waals surface area (Å²) in [4.78, 5) is 4.20. The zero-order valence-electron chi connectivity index (χ0n) is 8.27. The standard InChI is InChI=1S/C10H16NS/c1-5-6-7-8-12-9-11-10(2,3)4/h5,8H2,1-4H3. The first-order chi connectivity index (χ1) is 5.56. The number of hydrogen-bond donors (Lipinski definition) is 0. The Labute approximate surface area is 80.0 Å². The van der Waals surface area contributed by atoms with Crippen molar-refractivity contribution in [2.75, 3.05) is 5.75 Å². The SMILES string of the molecule is CCC#CCS[C]=NC(C)(C)C. The number of aliphatic imine (C=N–C) groups is 1. The van der Waals surface area contributed by atoms with Crippen LogP contribution in [-0.4, -0.2) is 16.8 Å². The highest BCUT2D eigenvalue weighted by atomic mass is 32.2. The van der Waals surface area contributed by atoms with Gasteiger partial charge in [-0.1, -0.05) is 24.6 Å². The van der Waals surface area contributed by atoms with Crippen LogP contribution in [0.15, 0.2) is 4.99 Å². The van der Waals surface area contributed by atoms with Crippen LogP contribution in [0.4, 0.5) is 0 Å². The van der Waals surface area contributed by atoms with Gasteiger partial charge in [-0.15, -0.1) is 5.92 Å². The second-order valence-corrected chi connectivity index (χ2v) is 4.13. The molecule has 0 rings (SSSR count). The predicted molar refractivity (Wildman–Crippen MR) is 57.7 cm³/mol. The van der Waals surface area contributed by atoms with E-state index in [1.54, 1.807) is 0 Å². The van der Waals surface area contributed by atoms with Crippen LogP contribution in [0, 0.1) is 11.8 Å². The number of thioether (sulfide) groups is 1. The predicted octanol–water partition coefficient (Wildman–Crippen LogP) is 2.84. The summed E-state index contributed by atoms with van der Waals surface area (Å²) in [6.45, 7) is 8.21. The van der Waals surface area contributed by atoms with Crippen molar-refractivity contribution in [1.82, 2.24) is 0 Å². The van der Waals surface area contributed by atoms with Gasteiger partial charge < -0.3 is 0 Å². The molecule has 0 aliphatic carbocycles. The van der Waals surface area contributed by atoms with E-state index in [1.807, 2.05) is 6.92 Å². The molecule has 2 heteroatoms. The van der Waals surface area contributed by atoms with Gasteiger partial charge in [0.25, 0.3) is 0 Å². The van der Waals surface area contributed by atoms with Gasteiger partial charge in [0, 0.05) is 6.42 Å². The number of nitrogens with zero attached hydrogens (tertiary/aromatic N) is 1. The Kier molecular flexibility index (Phi) is 5.92. The van der Waals surface area contributed by atoms with Gasteiger partial charge >= 0.3 is 0 Å². The van der Waals surface area contributed by atoms with E-state index in [4.69, 9.17) is 0 Å². The fourth-order valence-electron chi connectivity index (χ4n) is 0.414. The Morgan fingerprint density at radius 2 is 1.92 bits per heavy atom. The van der Waals surface area contributed by atoms with Gasteiger partial charge in [0.15, 0.2) is 0 Å². The Bertz CT molecular complexity index is 190. The molecule has 0 aliphatic rings. The summed E-state index contributed by atoms with van der Waals surface area (Å²) >= 11 is 1.53. The van der Waals surface area contributed by atoms with Gasteiger partial charge in [0.1, 0.15) is 5.55 Å². The molecule has 0 aromatic heterocycles. The maximum atomic E-state index is 4.20. The molecule has 0 saturated carbocycles. The van der Waals surface area contributed by atoms with E-state index in [-0.39, 0.29) is 5.54 Å². The molecule has 0 unspecified atom stereocenters. The summed E-state index contributed by atoms with van der Waals surface area (Å²) in [5.74, 6) is 6.80. The molecule has 67 valence electrons. The maximum Gasteiger partial charge on any atom is 0.124 e. The van der Waals surface area contributed by atoms with Crippen molar-refractivity contribution in [2.45, 2.75) is 39.7 Å². The molecule has 0 spiro atoms. The van der Waals surface area contributed by atoms with E-state index in [2.05, 4.69) is 43.2 Å². The van der Waals surface area contributed by atoms with Crippen LogP contribution < -0.4 is 0 Å². The first-order valence-electron chi connectivity index (χ1n) is 4.10. The van der Waals surface area contributed by atoms with Gasteiger partial charge in [-0.25, -0.2) is 0 Å². The van der Waals surface area contributed by atoms with Crippen molar-refractivity contribution in [3.63, 3.8) is 0 Å². The minimum Gasteiger partial charge on any atom is -0.270 e. The van der Waals surface area contributed by atoms with Crippen molar-refractivity contribution in [3.8, 4) is 11.8 Å². The average Bonchev–Trinajstić information content (AvgIpc) is 1.94. The van der Waals surface area contributed by atoms with Crippen LogP contribution >= 0.6 is 11.8 Å². The van der Waals surface area contributed by atoms with Crippen molar-refractivity contribution >= 4 is 17.3 Å². The Hall–Kier alpha value is -0.420. The first-order valence-corrected chi connectivity index (χ1v) is 5.09. The fourth-order valence-corrected chi connectivity index (χ4v) is 0.991. The minimum absolute atomic E-state index is 0.00875. The average molecular weight is 182 g/mol. The lowest BCUT2D eigenvalue weighted by Crippen LogP contribution is -2.08. The van der Waals surface area contributed by atoms with Crippen LogP contribution in [-0.2, 0) is 0 Å². The van der Waals surface area contributed by atoms with Crippen molar-refractivity contribution in [1.29, 1.82) is 0 Å². The molecule has 0 N–H and O–H groups in total. The summed E-state index contributed by atoms with van der Waals surface area (Å²) in [7, 11) is 0. The quantitative estimate of drug-likeness (QED) is 0.277. The molecule has 0 aromatic rings. The molecule has 0 amide bonds. The van der Waals surface area contributed by atoms with E-state index in [0.717, 1.165) is 12.2 Å². The lowest BCUT2D eigenvalue weighted by Gasteiger charge is -2.09. The fraction of sp³-hybridized carbons (Fsp3) is 0.700. The lowest BCUT2D eigenvalue weighted by molar-refractivity contribution is 0.588. The molecule has 0 atom stereocenters. The summed E-state index contributed by atoms with van der Waals surface area (Å²) in [6, 6.07) is 0. The second kappa shape index (κ2) is 6.14. The maximum absolute atomic E-state index is 4.20. The zero-order valence-corrected chi connectivity index (χ0v) is 9.09. The normalized spacial score (nSPS) is 11.3. The third-order valence-electron chi connectivity index (χ3n) is 0.892. The van der Waals surface area contributed by atoms with Crippen LogP contribution in [0.3, 0.4) is 0 Å². The van der Waals surface area contributed by atoms with Gasteiger partial charge in [-0.05, 0) is 20.8 Å². The summed E-state index contributed by atoms with van der Waals surface area (Å²) < 4.78 is 0. The van der Waals surface area contributed by atoms with E-state index < -0.39 is 0 Å². The van der Waals surface area contributed by atoms with Crippen LogP contribution in [0.2, 0.25) is 0 Å². The van der Waals surface area contributed by atoms with Crippen LogP contribution in [0.25, 0.3) is 0 Å². The molecule has 0 heterocycles. The summed E-state index contributed by atoms with van der Waals surface area (Å²) in [5.41, 5.74) is 2.91. The Morgan fingerprint density at radius 1 is 1.25 bits per heavy atom. The molecule has 12 heavy (non-hydrogen) atoms. The third kappa shape index (κ3) is 9.58. The monoisotopic (exact) mass is 182 g/mol. The largest absolute Gasteiger partial charge is 0.270 e. The first kappa shape index (κ1) is 11.6. The van der Waals surface area contributed by atoms with Crippen molar-refractivity contribution < 1.29 is 0 Å². The zero-order chi connectivity index (χ0) is 9.45. The van der Waals surface area contributed by atoms with Gasteiger partial charge in [-0.2, -0.15) is 0 Å². The van der Waals surface area contributed by atoms with Gasteiger partial charge in [-0.3, -0.25) is 4.99 Å². The Balaban J connectivity index is 3.50. The summed E-state index contributed by atoms with van der Waals surface area (Å²) in [6.07, 6.45) is 0.928. The molecule has 1 radical (unpaired) electrons. The van der Waals surface area contributed by atoms with E-state index in [9.17, 15) is 0 Å². The van der Waals surface area contributed by atoms with E-state index >= 15 is 0 Å². The van der Waals surface area contributed by atoms with Crippen LogP contribution in [0.1, 0.15) is 34.1 Å². The molecular formula is C10H16NS. The Morgan fingerprint density at radius 3 is 2.42 bits per heavy atom. The molecule has 0 aromatic carbocycles. The highest BCUT2D eigenvalue weighted by molar-refractivity contribution is 8.12. The minimum atomic E-state index is -0.00875. The van der Waals surface area contributed by atoms with E-state index in [0.29, 0.717) is 0 Å². The van der Waals surface area contributed by atoms with Gasteiger partial charge in [0.05, 0.1) is 11.3 Å². The highest BCUT2D eigenvalue weighted by Crippen LogP contribution is 2.06. The number of rotatable bonds is 2. The lowest BCUT2D eigenvalue weighted by atomic mass is 10.1. The van der Waals surface area contributed by atoms with E-state index in [1.165, 1.54) is 11.8 Å². The van der Waals surface area contributed by atoms with Crippen molar-refractivity contribution in [3.05, 3.63) is 0 Å². The molecule has 0 aliphatic heterocycles. The number of hydrogen-bond acceptors (Lipinski definition) is 2. The molecular weight excluding hydrogens is 166 g/mol. The second-order valence-electron chi connectivity index (χ2n) is 3.37. The van der Waals surface area contributed by atoms with Crippen LogP contribution in [0.5, 0.6) is 0 Å². The molecule has 0 bridgehead atoms. The topological polar surface area (TPSA) is 12.4 Å². The molecule has 0 fully saturated rings. The highest BCUT2D eigenvalue weighted by Gasteiger charge is 2.04.